The first-order chi connectivity index (χ1) is 6.13. The standard InChI is InChI=1S/C10H12F2S/c1-2-7-6-8-9(13-7)4-3-5-10(8,11)12/h6H,2-5H2,1H3. The quantitative estimate of drug-likeness (QED) is 0.650. The maximum Gasteiger partial charge on any atom is 0.274 e. The second kappa shape index (κ2) is 3.05. The minimum Gasteiger partial charge on any atom is -0.201 e. The molecule has 1 aromatic heterocycles. The molecule has 1 aliphatic rings. The van der Waals surface area contributed by atoms with Crippen LogP contribution in [0.25, 0.3) is 0 Å². The number of aryl methyl sites for hydroxylation is 2. The summed E-state index contributed by atoms with van der Waals surface area (Å²) in [6.45, 7) is 2.01. The summed E-state index contributed by atoms with van der Waals surface area (Å²) in [6, 6.07) is 1.69. The predicted octanol–water partition coefficient (Wildman–Crippen LogP) is 3.74. The topological polar surface area (TPSA) is 0 Å². The smallest absolute Gasteiger partial charge is 0.201 e. The Morgan fingerprint density at radius 2 is 2.31 bits per heavy atom. The van der Waals surface area contributed by atoms with Gasteiger partial charge in [0.25, 0.3) is 5.92 Å². The van der Waals surface area contributed by atoms with Crippen molar-refractivity contribution in [2.75, 3.05) is 0 Å². The summed E-state index contributed by atoms with van der Waals surface area (Å²) in [5.41, 5.74) is 0.306. The van der Waals surface area contributed by atoms with Gasteiger partial charge in [0.2, 0.25) is 0 Å². The van der Waals surface area contributed by atoms with Crippen LogP contribution in [0.15, 0.2) is 6.07 Å². The van der Waals surface area contributed by atoms with E-state index in [1.165, 1.54) is 0 Å². The number of fused-ring (bicyclic) bond motifs is 1. The summed E-state index contributed by atoms with van der Waals surface area (Å²) in [4.78, 5) is 2.00. The molecule has 0 bridgehead atoms. The maximum absolute atomic E-state index is 13.4. The molecule has 0 radical (unpaired) electrons. The average molecular weight is 202 g/mol. The molecule has 13 heavy (non-hydrogen) atoms. The van der Waals surface area contributed by atoms with Crippen molar-refractivity contribution in [3.8, 4) is 0 Å². The fraction of sp³-hybridized carbons (Fsp3) is 0.600. The summed E-state index contributed by atoms with van der Waals surface area (Å²) in [6.07, 6.45) is 2.37. The highest BCUT2D eigenvalue weighted by Gasteiger charge is 2.37. The summed E-state index contributed by atoms with van der Waals surface area (Å²) in [5, 5.41) is 0. The molecule has 1 aliphatic carbocycles. The average Bonchev–Trinajstić information content (AvgIpc) is 2.48. The molecule has 0 fully saturated rings. The molecule has 0 nitrogen and oxygen atoms in total. The van der Waals surface area contributed by atoms with Crippen molar-refractivity contribution in [3.05, 3.63) is 21.4 Å². The molecule has 72 valence electrons. The Hall–Kier alpha value is -0.440. The second-order valence-electron chi connectivity index (χ2n) is 3.46. The van der Waals surface area contributed by atoms with Crippen LogP contribution in [0.3, 0.4) is 0 Å². The molecular weight excluding hydrogens is 190 g/mol. The Balaban J connectivity index is 2.44. The zero-order valence-electron chi connectivity index (χ0n) is 7.57. The Morgan fingerprint density at radius 1 is 1.54 bits per heavy atom. The van der Waals surface area contributed by atoms with Gasteiger partial charge in [-0.1, -0.05) is 6.92 Å². The van der Waals surface area contributed by atoms with Crippen LogP contribution in [0.1, 0.15) is 35.1 Å². The van der Waals surface area contributed by atoms with Gasteiger partial charge >= 0.3 is 0 Å². The Bertz CT molecular complexity index is 315. The molecule has 0 spiro atoms. The van der Waals surface area contributed by atoms with Crippen LogP contribution in [0.5, 0.6) is 0 Å². The number of halogens is 2. The first kappa shape index (κ1) is 9.13. The van der Waals surface area contributed by atoms with E-state index >= 15 is 0 Å². The fourth-order valence-electron chi connectivity index (χ4n) is 1.76. The van der Waals surface area contributed by atoms with Crippen molar-refractivity contribution in [2.24, 2.45) is 0 Å². The van der Waals surface area contributed by atoms with E-state index in [-0.39, 0.29) is 6.42 Å². The van der Waals surface area contributed by atoms with E-state index in [4.69, 9.17) is 0 Å². The fourth-order valence-corrected chi connectivity index (χ4v) is 2.96. The van der Waals surface area contributed by atoms with Crippen LogP contribution in [-0.2, 0) is 18.8 Å². The largest absolute Gasteiger partial charge is 0.274 e. The minimum absolute atomic E-state index is 0.0277. The van der Waals surface area contributed by atoms with Crippen molar-refractivity contribution in [3.63, 3.8) is 0 Å². The monoisotopic (exact) mass is 202 g/mol. The molecular formula is C10H12F2S. The van der Waals surface area contributed by atoms with Crippen LogP contribution >= 0.6 is 11.3 Å². The van der Waals surface area contributed by atoms with Crippen molar-refractivity contribution >= 4 is 11.3 Å². The van der Waals surface area contributed by atoms with Gasteiger partial charge in [0, 0.05) is 21.7 Å². The highest BCUT2D eigenvalue weighted by Crippen LogP contribution is 2.43. The third-order valence-electron chi connectivity index (χ3n) is 2.50. The third kappa shape index (κ3) is 1.50. The van der Waals surface area contributed by atoms with Crippen molar-refractivity contribution in [2.45, 2.75) is 38.5 Å². The van der Waals surface area contributed by atoms with Crippen LogP contribution in [0.2, 0.25) is 0 Å². The number of thiophene rings is 1. The van der Waals surface area contributed by atoms with Gasteiger partial charge in [-0.3, -0.25) is 0 Å². The number of hydrogen-bond acceptors (Lipinski definition) is 1. The highest BCUT2D eigenvalue weighted by atomic mass is 32.1. The molecule has 0 saturated heterocycles. The van der Waals surface area contributed by atoms with Gasteiger partial charge in [0.1, 0.15) is 0 Å². The molecule has 0 aromatic carbocycles. The van der Waals surface area contributed by atoms with Crippen LogP contribution in [0, 0.1) is 0 Å². The Morgan fingerprint density at radius 3 is 2.92 bits per heavy atom. The van der Waals surface area contributed by atoms with E-state index in [0.29, 0.717) is 12.0 Å². The predicted molar refractivity (Wildman–Crippen MR) is 50.5 cm³/mol. The molecule has 0 amide bonds. The molecule has 0 atom stereocenters. The first-order valence-electron chi connectivity index (χ1n) is 4.63. The van der Waals surface area contributed by atoms with Gasteiger partial charge in [-0.15, -0.1) is 11.3 Å². The lowest BCUT2D eigenvalue weighted by Crippen LogP contribution is -2.18. The van der Waals surface area contributed by atoms with Gasteiger partial charge in [-0.2, -0.15) is 0 Å². The van der Waals surface area contributed by atoms with E-state index < -0.39 is 5.92 Å². The lowest BCUT2D eigenvalue weighted by atomic mass is 9.95. The Kier molecular flexibility index (Phi) is 2.14. The van der Waals surface area contributed by atoms with Crippen molar-refractivity contribution in [1.29, 1.82) is 0 Å². The summed E-state index contributed by atoms with van der Waals surface area (Å²) < 4.78 is 26.7. The molecule has 2 rings (SSSR count). The molecule has 0 aliphatic heterocycles. The lowest BCUT2D eigenvalue weighted by Gasteiger charge is -2.21. The van der Waals surface area contributed by atoms with E-state index in [2.05, 4.69) is 0 Å². The van der Waals surface area contributed by atoms with E-state index in [1.54, 1.807) is 17.4 Å². The zero-order chi connectivity index (χ0) is 9.47. The minimum atomic E-state index is -2.56. The maximum atomic E-state index is 13.4. The normalized spacial score (nSPS) is 19.9. The summed E-state index contributed by atoms with van der Waals surface area (Å²) in [5.74, 6) is -2.56. The third-order valence-corrected chi connectivity index (χ3v) is 3.84. The van der Waals surface area contributed by atoms with Gasteiger partial charge in [-0.25, -0.2) is 8.78 Å². The lowest BCUT2D eigenvalue weighted by molar-refractivity contribution is -0.0208. The molecule has 3 heteroatoms. The van der Waals surface area contributed by atoms with Gasteiger partial charge < -0.3 is 0 Å². The molecule has 0 unspecified atom stereocenters. The molecule has 0 N–H and O–H groups in total. The Labute approximate surface area is 80.6 Å². The van der Waals surface area contributed by atoms with Crippen LogP contribution in [0.4, 0.5) is 8.78 Å². The second-order valence-corrected chi connectivity index (χ2v) is 4.68. The molecule has 1 heterocycles. The zero-order valence-corrected chi connectivity index (χ0v) is 8.39. The van der Waals surface area contributed by atoms with Crippen molar-refractivity contribution < 1.29 is 8.78 Å². The number of rotatable bonds is 1. The first-order valence-corrected chi connectivity index (χ1v) is 5.45. The van der Waals surface area contributed by atoms with Gasteiger partial charge in [0.05, 0.1) is 0 Å². The number of alkyl halides is 2. The summed E-state index contributed by atoms with van der Waals surface area (Å²) >= 11 is 1.56. The molecule has 0 saturated carbocycles. The number of hydrogen-bond donors (Lipinski definition) is 0. The van der Waals surface area contributed by atoms with E-state index in [0.717, 1.165) is 22.6 Å². The van der Waals surface area contributed by atoms with E-state index in [9.17, 15) is 8.78 Å². The van der Waals surface area contributed by atoms with Gasteiger partial charge in [-0.05, 0) is 25.3 Å². The highest BCUT2D eigenvalue weighted by molar-refractivity contribution is 7.12. The summed E-state index contributed by atoms with van der Waals surface area (Å²) in [7, 11) is 0. The van der Waals surface area contributed by atoms with Crippen LogP contribution < -0.4 is 0 Å². The molecule has 1 aromatic rings. The van der Waals surface area contributed by atoms with Crippen molar-refractivity contribution in [1.82, 2.24) is 0 Å². The van der Waals surface area contributed by atoms with Gasteiger partial charge in [0.15, 0.2) is 0 Å². The van der Waals surface area contributed by atoms with Crippen LogP contribution in [-0.4, -0.2) is 0 Å². The SMILES string of the molecule is CCc1cc2c(s1)CCCC2(F)F. The van der Waals surface area contributed by atoms with E-state index in [1.807, 2.05) is 6.92 Å².